The fraction of sp³-hybridized carbons (Fsp3) is 0.423. The fourth-order valence-corrected chi connectivity index (χ4v) is 4.63. The number of hydrogen-bond donors (Lipinski definition) is 0. The van der Waals surface area contributed by atoms with E-state index in [9.17, 15) is 4.79 Å². The maximum Gasteiger partial charge on any atom is 0.164 e. The highest BCUT2D eigenvalue weighted by atomic mass is 16.1. The molecule has 1 unspecified atom stereocenters. The molecule has 1 fully saturated rings. The van der Waals surface area contributed by atoms with Crippen molar-refractivity contribution in [3.63, 3.8) is 0 Å². The summed E-state index contributed by atoms with van der Waals surface area (Å²) in [6.07, 6.45) is 3.72. The molecule has 30 heavy (non-hydrogen) atoms. The average Bonchev–Trinajstić information content (AvgIpc) is 3.18. The minimum Gasteiger partial charge on any atom is -0.347 e. The van der Waals surface area contributed by atoms with Crippen molar-refractivity contribution < 1.29 is 4.79 Å². The van der Waals surface area contributed by atoms with Gasteiger partial charge in [0.15, 0.2) is 5.78 Å². The first-order valence-electron chi connectivity index (χ1n) is 11.3. The van der Waals surface area contributed by atoms with Gasteiger partial charge >= 0.3 is 0 Å². The number of carbonyl (C=O) groups excluding carboxylic acids is 1. The fourth-order valence-electron chi connectivity index (χ4n) is 4.63. The zero-order valence-corrected chi connectivity index (χ0v) is 18.3. The minimum atomic E-state index is 0.230. The third-order valence-corrected chi connectivity index (χ3v) is 6.52. The molecule has 4 heteroatoms. The molecule has 0 radical (unpaired) electrons. The van der Waals surface area contributed by atoms with Crippen LogP contribution in [-0.4, -0.2) is 52.9 Å². The number of para-hydroxylation sites is 1. The summed E-state index contributed by atoms with van der Waals surface area (Å²) < 4.78 is 2.27. The summed E-state index contributed by atoms with van der Waals surface area (Å²) in [4.78, 5) is 17.5. The summed E-state index contributed by atoms with van der Waals surface area (Å²) in [5, 5.41) is 1.09. The topological polar surface area (TPSA) is 28.5 Å². The van der Waals surface area contributed by atoms with Gasteiger partial charge in [0, 0.05) is 67.8 Å². The summed E-state index contributed by atoms with van der Waals surface area (Å²) >= 11 is 0. The number of carbonyl (C=O) groups is 1. The van der Waals surface area contributed by atoms with E-state index in [-0.39, 0.29) is 5.78 Å². The molecule has 1 aliphatic heterocycles. The summed E-state index contributed by atoms with van der Waals surface area (Å²) in [6, 6.07) is 19.6. The van der Waals surface area contributed by atoms with Crippen LogP contribution in [0.4, 0.5) is 0 Å². The number of Topliss-reactive ketones (excluding diaryl/α,β-unsaturated/α-hetero) is 1. The zero-order chi connectivity index (χ0) is 20.9. The highest BCUT2D eigenvalue weighted by molar-refractivity contribution is 6.07. The molecule has 0 spiro atoms. The number of fused-ring (bicyclic) bond motifs is 1. The van der Waals surface area contributed by atoms with Gasteiger partial charge in [0.05, 0.1) is 0 Å². The molecule has 0 aliphatic carbocycles. The van der Waals surface area contributed by atoms with Gasteiger partial charge in [-0.1, -0.05) is 55.5 Å². The van der Waals surface area contributed by atoms with Crippen molar-refractivity contribution in [2.24, 2.45) is 0 Å². The molecule has 4 nitrogen and oxygen atoms in total. The Kier molecular flexibility index (Phi) is 6.66. The second-order valence-electron chi connectivity index (χ2n) is 8.35. The number of piperazine rings is 1. The van der Waals surface area contributed by atoms with E-state index in [0.717, 1.165) is 56.6 Å². The molecule has 0 N–H and O–H groups in total. The molecule has 0 bridgehead atoms. The van der Waals surface area contributed by atoms with Crippen LogP contribution in [0.1, 0.15) is 48.7 Å². The summed E-state index contributed by atoms with van der Waals surface area (Å²) in [6.45, 7) is 10.8. The van der Waals surface area contributed by atoms with Crippen molar-refractivity contribution in [3.8, 4) is 0 Å². The Hall–Kier alpha value is -2.43. The molecule has 0 amide bonds. The molecule has 1 aliphatic rings. The van der Waals surface area contributed by atoms with Crippen molar-refractivity contribution in [2.45, 2.75) is 39.3 Å². The van der Waals surface area contributed by atoms with E-state index < -0.39 is 0 Å². The largest absolute Gasteiger partial charge is 0.347 e. The Morgan fingerprint density at radius 2 is 1.63 bits per heavy atom. The molecule has 1 atom stereocenters. The highest BCUT2D eigenvalue weighted by Gasteiger charge is 2.21. The highest BCUT2D eigenvalue weighted by Crippen LogP contribution is 2.24. The van der Waals surface area contributed by atoms with E-state index in [1.54, 1.807) is 0 Å². The maximum absolute atomic E-state index is 12.3. The van der Waals surface area contributed by atoms with Crippen LogP contribution in [0.25, 0.3) is 10.9 Å². The SMILES string of the molecule is CCC(=O)c1cn(CCCN2CCN(C(C)c3ccccc3)CC2)c2ccccc12. The van der Waals surface area contributed by atoms with Crippen LogP contribution >= 0.6 is 0 Å². The van der Waals surface area contributed by atoms with Gasteiger partial charge in [-0.2, -0.15) is 0 Å². The molecule has 0 saturated carbocycles. The summed E-state index contributed by atoms with van der Waals surface area (Å²) in [5.41, 5.74) is 3.45. The lowest BCUT2D eigenvalue weighted by Gasteiger charge is -2.38. The molecule has 2 heterocycles. The third kappa shape index (κ3) is 4.50. The maximum atomic E-state index is 12.3. The first-order chi connectivity index (χ1) is 14.7. The molecule has 1 saturated heterocycles. The smallest absolute Gasteiger partial charge is 0.164 e. The van der Waals surface area contributed by atoms with Gasteiger partial charge in [-0.3, -0.25) is 9.69 Å². The van der Waals surface area contributed by atoms with E-state index in [4.69, 9.17) is 0 Å². The molecule has 4 rings (SSSR count). The number of aromatic nitrogens is 1. The molecular weight excluding hydrogens is 370 g/mol. The molecule has 3 aromatic rings. The van der Waals surface area contributed by atoms with E-state index >= 15 is 0 Å². The van der Waals surface area contributed by atoms with Crippen LogP contribution in [-0.2, 0) is 6.54 Å². The van der Waals surface area contributed by atoms with Gasteiger partial charge in [-0.25, -0.2) is 0 Å². The Morgan fingerprint density at radius 3 is 2.37 bits per heavy atom. The van der Waals surface area contributed by atoms with Crippen LogP contribution in [0.15, 0.2) is 60.8 Å². The van der Waals surface area contributed by atoms with Gasteiger partial charge in [-0.05, 0) is 31.5 Å². The van der Waals surface area contributed by atoms with Gasteiger partial charge in [0.2, 0.25) is 0 Å². The first-order valence-corrected chi connectivity index (χ1v) is 11.3. The zero-order valence-electron chi connectivity index (χ0n) is 18.3. The van der Waals surface area contributed by atoms with Crippen molar-refractivity contribution in [2.75, 3.05) is 32.7 Å². The van der Waals surface area contributed by atoms with Crippen LogP contribution < -0.4 is 0 Å². The first kappa shape index (κ1) is 20.8. The van der Waals surface area contributed by atoms with Crippen molar-refractivity contribution >= 4 is 16.7 Å². The van der Waals surface area contributed by atoms with Crippen LogP contribution in [0.2, 0.25) is 0 Å². The van der Waals surface area contributed by atoms with Crippen LogP contribution in [0.5, 0.6) is 0 Å². The summed E-state index contributed by atoms with van der Waals surface area (Å²) in [5.74, 6) is 0.230. The summed E-state index contributed by atoms with van der Waals surface area (Å²) in [7, 11) is 0. The standard InChI is InChI=1S/C26H33N3O/c1-3-26(30)24-20-29(25-13-8-7-12-23(24)25)15-9-14-27-16-18-28(19-17-27)21(2)22-10-5-4-6-11-22/h4-8,10-13,20-21H,3,9,14-19H2,1-2H3. The van der Waals surface area contributed by atoms with Crippen molar-refractivity contribution in [3.05, 3.63) is 71.9 Å². The van der Waals surface area contributed by atoms with Crippen LogP contribution in [0, 0.1) is 0 Å². The molecule has 2 aromatic carbocycles. The monoisotopic (exact) mass is 403 g/mol. The second-order valence-corrected chi connectivity index (χ2v) is 8.35. The predicted octanol–water partition coefficient (Wildman–Crippen LogP) is 5.00. The number of ketones is 1. The Morgan fingerprint density at radius 1 is 0.933 bits per heavy atom. The lowest BCUT2D eigenvalue weighted by molar-refractivity contribution is 0.0988. The number of benzene rings is 2. The Balaban J connectivity index is 1.30. The number of aryl methyl sites for hydroxylation is 1. The van der Waals surface area contributed by atoms with E-state index in [0.29, 0.717) is 12.5 Å². The van der Waals surface area contributed by atoms with Crippen molar-refractivity contribution in [1.29, 1.82) is 0 Å². The second kappa shape index (κ2) is 9.59. The molecule has 158 valence electrons. The Labute approximate surface area is 180 Å². The Bertz CT molecular complexity index is 970. The van der Waals surface area contributed by atoms with Gasteiger partial charge < -0.3 is 9.47 Å². The normalized spacial score (nSPS) is 16.7. The van der Waals surface area contributed by atoms with Crippen LogP contribution in [0.3, 0.4) is 0 Å². The lowest BCUT2D eigenvalue weighted by Crippen LogP contribution is -2.47. The minimum absolute atomic E-state index is 0.230. The van der Waals surface area contributed by atoms with E-state index in [1.165, 1.54) is 11.1 Å². The average molecular weight is 404 g/mol. The van der Waals surface area contributed by atoms with Crippen molar-refractivity contribution in [1.82, 2.24) is 14.4 Å². The quantitative estimate of drug-likeness (QED) is 0.495. The number of nitrogens with zero attached hydrogens (tertiary/aromatic N) is 3. The lowest BCUT2D eigenvalue weighted by atomic mass is 10.1. The molecule has 1 aromatic heterocycles. The molecular formula is C26H33N3O. The van der Waals surface area contributed by atoms with Gasteiger partial charge in [0.25, 0.3) is 0 Å². The third-order valence-electron chi connectivity index (χ3n) is 6.52. The number of rotatable bonds is 8. The van der Waals surface area contributed by atoms with E-state index in [1.807, 2.05) is 13.0 Å². The van der Waals surface area contributed by atoms with Gasteiger partial charge in [0.1, 0.15) is 0 Å². The van der Waals surface area contributed by atoms with E-state index in [2.05, 4.69) is 76.0 Å². The number of hydrogen-bond acceptors (Lipinski definition) is 3. The predicted molar refractivity (Wildman–Crippen MR) is 124 cm³/mol. The van der Waals surface area contributed by atoms with Gasteiger partial charge in [-0.15, -0.1) is 0 Å².